The zero-order valence-electron chi connectivity index (χ0n) is 34.9. The van der Waals surface area contributed by atoms with Gasteiger partial charge in [-0.1, -0.05) is 141 Å². The topological polar surface area (TPSA) is 70.2 Å². The largest absolute Gasteiger partial charge is 0.456 e. The summed E-state index contributed by atoms with van der Waals surface area (Å²) in [7, 11) is 0. The lowest BCUT2D eigenvalue weighted by Crippen LogP contribution is -2.37. The van der Waals surface area contributed by atoms with Crippen molar-refractivity contribution in [2.75, 3.05) is 0 Å². The van der Waals surface area contributed by atoms with Gasteiger partial charge in [-0.2, -0.15) is 0 Å². The molecule has 2 heterocycles. The molecule has 4 aliphatic rings. The molecule has 1 N–H and O–H groups in total. The van der Waals surface area contributed by atoms with Crippen LogP contribution in [-0.4, -0.2) is 30.1 Å². The molecule has 0 bridgehead atoms. The fraction of sp³-hybridized carbons (Fsp3) is 0.208. The number of rotatable bonds is 10. The summed E-state index contributed by atoms with van der Waals surface area (Å²) in [4.78, 5) is 14.7. The highest BCUT2D eigenvalue weighted by atomic mass is 16.5. The third-order valence-corrected chi connectivity index (χ3v) is 11.3. The summed E-state index contributed by atoms with van der Waals surface area (Å²) in [5.41, 5.74) is 11.2. The second-order valence-electron chi connectivity index (χ2n) is 14.6. The maximum atomic E-state index is 9.56. The van der Waals surface area contributed by atoms with Crippen LogP contribution >= 0.6 is 0 Å². The molecule has 2 aromatic carbocycles. The summed E-state index contributed by atoms with van der Waals surface area (Å²) >= 11 is 0. The molecule has 58 heavy (non-hydrogen) atoms. The van der Waals surface area contributed by atoms with Crippen LogP contribution in [0.2, 0.25) is 0 Å². The standard InChI is InChI=1S/C53H54N4O/c1-10-15-16-17-32-48(56-34-39(12-3)36(7)35(6)24-11-2)57-52(54)38(9)51-45(14-5)53(46-30-20-18-27-42(46)43-28-19-21-31-47(43)53)44(13-4)50(58-51)37(8)41-29-22-25-40-26-23-33-55-49(40)41/h10-31,33-34,40,49,54H,5,9,32H2,1-4,6-8H3/b15-10-,17-16-,24-11-,36-35+,39-12-,44-13+,50-37-,54-52?,56-34?,57-48?. The van der Waals surface area contributed by atoms with E-state index in [1.165, 1.54) is 0 Å². The van der Waals surface area contributed by atoms with E-state index in [0.29, 0.717) is 29.3 Å². The molecule has 2 atom stereocenters. The molecule has 0 amide bonds. The number of hydrogen-bond donors (Lipinski definition) is 1. The maximum absolute atomic E-state index is 9.56. The average molecular weight is 763 g/mol. The van der Waals surface area contributed by atoms with Gasteiger partial charge in [0.2, 0.25) is 0 Å². The highest BCUT2D eigenvalue weighted by Gasteiger charge is 2.53. The van der Waals surface area contributed by atoms with Crippen LogP contribution in [0.5, 0.6) is 0 Å². The Morgan fingerprint density at radius 3 is 2.26 bits per heavy atom. The van der Waals surface area contributed by atoms with E-state index in [9.17, 15) is 5.41 Å². The zero-order valence-corrected chi connectivity index (χ0v) is 34.9. The SMILES string of the molecule is C=CC1=C(C(=C)C(=N)N=C(C/C=C\C=C/C)N=CC(=C/C)/C(C)=C(C)/C=C\C)OC(=C(/C)C2=CC=CC3C=CC=NC23)/C(=C\C)C12c1ccccc1-c1ccccc12. The normalized spacial score (nSPS) is 21.8. The molecule has 0 saturated heterocycles. The molecule has 0 fully saturated rings. The van der Waals surface area contributed by atoms with E-state index >= 15 is 0 Å². The summed E-state index contributed by atoms with van der Waals surface area (Å²) < 4.78 is 7.17. The van der Waals surface area contributed by atoms with E-state index in [1.807, 2.05) is 81.8 Å². The molecule has 2 unspecified atom stereocenters. The van der Waals surface area contributed by atoms with Crippen LogP contribution in [-0.2, 0) is 10.2 Å². The van der Waals surface area contributed by atoms with Gasteiger partial charge in [-0.15, -0.1) is 0 Å². The van der Waals surface area contributed by atoms with E-state index < -0.39 is 5.41 Å². The number of amidine groups is 2. The number of nitrogens with one attached hydrogen (secondary N) is 1. The Hall–Kier alpha value is -6.46. The zero-order chi connectivity index (χ0) is 41.4. The smallest absolute Gasteiger partial charge is 0.157 e. The number of benzene rings is 2. The predicted molar refractivity (Wildman–Crippen MR) is 248 cm³/mol. The van der Waals surface area contributed by atoms with Crippen molar-refractivity contribution in [1.29, 1.82) is 5.41 Å². The second kappa shape index (κ2) is 18.2. The van der Waals surface area contributed by atoms with E-state index in [-0.39, 0.29) is 17.8 Å². The molecule has 2 aliphatic heterocycles. The Labute approximate surface area is 345 Å². The molecule has 1 spiro atoms. The van der Waals surface area contributed by atoms with Crippen molar-refractivity contribution in [1.82, 2.24) is 0 Å². The third-order valence-electron chi connectivity index (χ3n) is 11.3. The lowest BCUT2D eigenvalue weighted by molar-refractivity contribution is 0.289. The van der Waals surface area contributed by atoms with Crippen LogP contribution in [0.1, 0.15) is 66.0 Å². The van der Waals surface area contributed by atoms with Gasteiger partial charge in [0.15, 0.2) is 5.84 Å². The number of ether oxygens (including phenoxy) is 1. The monoisotopic (exact) mass is 762 g/mol. The van der Waals surface area contributed by atoms with E-state index in [1.54, 1.807) is 0 Å². The predicted octanol–water partition coefficient (Wildman–Crippen LogP) is 13.1. The minimum Gasteiger partial charge on any atom is -0.456 e. The van der Waals surface area contributed by atoms with Crippen molar-refractivity contribution >= 4 is 24.1 Å². The number of allylic oxidation sites excluding steroid dienone is 16. The number of fused-ring (bicyclic) bond motifs is 6. The highest BCUT2D eigenvalue weighted by molar-refractivity contribution is 6.09. The van der Waals surface area contributed by atoms with E-state index in [4.69, 9.17) is 19.7 Å². The maximum Gasteiger partial charge on any atom is 0.157 e. The van der Waals surface area contributed by atoms with Crippen molar-refractivity contribution in [2.45, 2.75) is 66.3 Å². The summed E-state index contributed by atoms with van der Waals surface area (Å²) in [5.74, 6) is 1.74. The van der Waals surface area contributed by atoms with Gasteiger partial charge in [0.05, 0.1) is 17.0 Å². The van der Waals surface area contributed by atoms with Crippen LogP contribution in [0.4, 0.5) is 0 Å². The first-order chi connectivity index (χ1) is 28.2. The fourth-order valence-electron chi connectivity index (χ4n) is 8.38. The quantitative estimate of drug-likeness (QED) is 0.146. The molecule has 292 valence electrons. The highest BCUT2D eigenvalue weighted by Crippen LogP contribution is 2.62. The minimum atomic E-state index is -0.813. The Morgan fingerprint density at radius 2 is 1.62 bits per heavy atom. The van der Waals surface area contributed by atoms with Crippen molar-refractivity contribution in [3.8, 4) is 11.1 Å². The van der Waals surface area contributed by atoms with Gasteiger partial charge >= 0.3 is 0 Å². The molecule has 5 nitrogen and oxygen atoms in total. The van der Waals surface area contributed by atoms with Crippen LogP contribution in [0.25, 0.3) is 11.1 Å². The van der Waals surface area contributed by atoms with Gasteiger partial charge in [0.25, 0.3) is 0 Å². The second-order valence-corrected chi connectivity index (χ2v) is 14.6. The summed E-state index contributed by atoms with van der Waals surface area (Å²) in [6.07, 6.45) is 32.9. The van der Waals surface area contributed by atoms with Crippen molar-refractivity contribution in [2.24, 2.45) is 20.9 Å². The first-order valence-electron chi connectivity index (χ1n) is 20.0. The van der Waals surface area contributed by atoms with E-state index in [2.05, 4.69) is 126 Å². The number of nitrogens with zero attached hydrogens (tertiary/aromatic N) is 3. The number of hydrogen-bond acceptors (Lipinski definition) is 3. The molecule has 2 aromatic rings. The molecule has 0 saturated carbocycles. The van der Waals surface area contributed by atoms with Crippen LogP contribution < -0.4 is 0 Å². The Bertz CT molecular complexity index is 2430. The van der Waals surface area contributed by atoms with Gasteiger partial charge in [-0.3, -0.25) is 10.4 Å². The molecule has 6 rings (SSSR count). The lowest BCUT2D eigenvalue weighted by Gasteiger charge is -2.43. The van der Waals surface area contributed by atoms with Gasteiger partial charge in [-0.25, -0.2) is 9.98 Å². The van der Waals surface area contributed by atoms with Crippen LogP contribution in [0.15, 0.2) is 218 Å². The van der Waals surface area contributed by atoms with Crippen LogP contribution in [0, 0.1) is 11.3 Å². The third kappa shape index (κ3) is 7.53. The number of dihydropyridines is 1. The fourth-order valence-corrected chi connectivity index (χ4v) is 8.38. The lowest BCUT2D eigenvalue weighted by atomic mass is 9.63. The first kappa shape index (κ1) is 41.2. The molecular weight excluding hydrogens is 709 g/mol. The Kier molecular flexibility index (Phi) is 12.9. The molecular formula is C53H54N4O. The van der Waals surface area contributed by atoms with Gasteiger partial charge in [0, 0.05) is 35.9 Å². The van der Waals surface area contributed by atoms with Gasteiger partial charge in [0.1, 0.15) is 17.4 Å². The minimum absolute atomic E-state index is 0.0436. The Morgan fingerprint density at radius 1 is 0.931 bits per heavy atom. The van der Waals surface area contributed by atoms with E-state index in [0.717, 1.165) is 61.3 Å². The molecule has 0 radical (unpaired) electrons. The van der Waals surface area contributed by atoms with Crippen molar-refractivity contribution in [3.63, 3.8) is 0 Å². The van der Waals surface area contributed by atoms with Crippen molar-refractivity contribution in [3.05, 3.63) is 214 Å². The van der Waals surface area contributed by atoms with Gasteiger partial charge in [-0.05, 0) is 105 Å². The number of aliphatic imine (C=N–C) groups is 3. The summed E-state index contributed by atoms with van der Waals surface area (Å²) in [5, 5.41) is 9.56. The van der Waals surface area contributed by atoms with Crippen molar-refractivity contribution < 1.29 is 4.74 Å². The molecule has 0 aromatic heterocycles. The summed E-state index contributed by atoms with van der Waals surface area (Å²) in [6, 6.07) is 17.1. The van der Waals surface area contributed by atoms with Gasteiger partial charge < -0.3 is 4.74 Å². The summed E-state index contributed by atoms with van der Waals surface area (Å²) in [6.45, 7) is 23.3. The molecule has 2 aliphatic carbocycles. The average Bonchev–Trinajstić information content (AvgIpc) is 3.54. The van der Waals surface area contributed by atoms with Crippen LogP contribution in [0.3, 0.4) is 0 Å². The Balaban J connectivity index is 1.57. The first-order valence-corrected chi connectivity index (χ1v) is 20.0. The molecule has 5 heteroatoms.